The zero-order valence-electron chi connectivity index (χ0n) is 12.2. The van der Waals surface area contributed by atoms with Crippen molar-refractivity contribution in [3.8, 4) is 0 Å². The molecule has 1 aromatic rings. The van der Waals surface area contributed by atoms with Gasteiger partial charge in [-0.2, -0.15) is 0 Å². The average molecular weight is 296 g/mol. The first-order chi connectivity index (χ1) is 9.99. The molecule has 0 aliphatic carbocycles. The fraction of sp³-hybridized carbons (Fsp3) is 0.615. The van der Waals surface area contributed by atoms with Crippen LogP contribution in [-0.4, -0.2) is 35.1 Å². The molecule has 8 nitrogen and oxygen atoms in total. The summed E-state index contributed by atoms with van der Waals surface area (Å²) >= 11 is 0. The lowest BCUT2D eigenvalue weighted by Gasteiger charge is -2.34. The number of carbonyl (C=O) groups is 1. The first-order valence-electron chi connectivity index (χ1n) is 6.76. The van der Waals surface area contributed by atoms with Crippen molar-refractivity contribution in [2.45, 2.75) is 33.2 Å². The van der Waals surface area contributed by atoms with Crippen LogP contribution in [0.2, 0.25) is 0 Å². The maximum Gasteiger partial charge on any atom is 0.234 e. The number of oxazole rings is 1. The number of hydrogen-bond donors (Lipinski definition) is 3. The number of nitrogens with two attached hydrogens (primary N) is 1. The van der Waals surface area contributed by atoms with Crippen LogP contribution in [0.5, 0.6) is 0 Å². The van der Waals surface area contributed by atoms with E-state index in [9.17, 15) is 4.79 Å². The molecule has 1 aliphatic rings. The molecule has 4 N–H and O–H groups in total. The summed E-state index contributed by atoms with van der Waals surface area (Å²) < 4.78 is 10.7. The van der Waals surface area contributed by atoms with E-state index in [0.29, 0.717) is 31.9 Å². The zero-order chi connectivity index (χ0) is 15.5. The zero-order valence-corrected chi connectivity index (χ0v) is 12.2. The van der Waals surface area contributed by atoms with Crippen molar-refractivity contribution in [3.05, 3.63) is 17.3 Å². The SMILES string of the molecule is Cc1nc(CNC(=O)C2(C(N)=NO)CCOCC2)oc1C. The molecule has 1 aromatic heterocycles. The van der Waals surface area contributed by atoms with Gasteiger partial charge in [-0.15, -0.1) is 0 Å². The summed E-state index contributed by atoms with van der Waals surface area (Å²) in [5.74, 6) is 0.745. The van der Waals surface area contributed by atoms with Crippen LogP contribution in [-0.2, 0) is 16.1 Å². The van der Waals surface area contributed by atoms with Crippen LogP contribution in [0, 0.1) is 19.3 Å². The van der Waals surface area contributed by atoms with E-state index >= 15 is 0 Å². The number of ether oxygens (including phenoxy) is 1. The fourth-order valence-electron chi connectivity index (χ4n) is 2.35. The number of amides is 1. The van der Waals surface area contributed by atoms with Crippen molar-refractivity contribution in [3.63, 3.8) is 0 Å². The van der Waals surface area contributed by atoms with Crippen molar-refractivity contribution >= 4 is 11.7 Å². The number of amidine groups is 1. The molecule has 0 bridgehead atoms. The lowest BCUT2D eigenvalue weighted by molar-refractivity contribution is -0.131. The first kappa shape index (κ1) is 15.3. The Bertz CT molecular complexity index is 527. The van der Waals surface area contributed by atoms with E-state index in [-0.39, 0.29) is 18.3 Å². The molecule has 0 spiro atoms. The standard InChI is InChI=1S/C13H20N4O4/c1-8-9(2)21-10(16-8)7-15-12(18)13(11(14)17-19)3-5-20-6-4-13/h19H,3-7H2,1-2H3,(H2,14,17)(H,15,18). The van der Waals surface area contributed by atoms with Crippen molar-refractivity contribution < 1.29 is 19.2 Å². The van der Waals surface area contributed by atoms with Crippen molar-refractivity contribution in [1.29, 1.82) is 0 Å². The molecule has 116 valence electrons. The third kappa shape index (κ3) is 2.99. The van der Waals surface area contributed by atoms with Gasteiger partial charge in [-0.3, -0.25) is 4.79 Å². The molecule has 0 atom stereocenters. The van der Waals surface area contributed by atoms with E-state index in [4.69, 9.17) is 20.1 Å². The van der Waals surface area contributed by atoms with Gasteiger partial charge in [-0.05, 0) is 26.7 Å². The van der Waals surface area contributed by atoms with Crippen LogP contribution < -0.4 is 11.1 Å². The number of aromatic nitrogens is 1. The minimum atomic E-state index is -1.04. The molecule has 0 saturated carbocycles. The van der Waals surface area contributed by atoms with E-state index in [1.807, 2.05) is 13.8 Å². The van der Waals surface area contributed by atoms with Crippen LogP contribution in [0.4, 0.5) is 0 Å². The van der Waals surface area contributed by atoms with Crippen LogP contribution >= 0.6 is 0 Å². The van der Waals surface area contributed by atoms with E-state index in [2.05, 4.69) is 15.5 Å². The Hall–Kier alpha value is -2.09. The second-order valence-electron chi connectivity index (χ2n) is 5.11. The Morgan fingerprint density at radius 1 is 1.48 bits per heavy atom. The van der Waals surface area contributed by atoms with Gasteiger partial charge in [0, 0.05) is 13.2 Å². The summed E-state index contributed by atoms with van der Waals surface area (Å²) in [4.78, 5) is 16.7. The molecule has 1 saturated heterocycles. The summed E-state index contributed by atoms with van der Waals surface area (Å²) in [5, 5.41) is 14.7. The van der Waals surface area contributed by atoms with Crippen molar-refractivity contribution in [1.82, 2.24) is 10.3 Å². The summed E-state index contributed by atoms with van der Waals surface area (Å²) in [6.07, 6.45) is 0.747. The quantitative estimate of drug-likeness (QED) is 0.321. The van der Waals surface area contributed by atoms with Crippen LogP contribution in [0.1, 0.15) is 30.2 Å². The summed E-state index contributed by atoms with van der Waals surface area (Å²) in [5.41, 5.74) is 5.48. The fourth-order valence-corrected chi connectivity index (χ4v) is 2.35. The lowest BCUT2D eigenvalue weighted by Crippen LogP contribution is -2.52. The third-order valence-electron chi connectivity index (χ3n) is 3.85. The Labute approximate surface area is 122 Å². The maximum atomic E-state index is 12.5. The number of rotatable bonds is 4. The van der Waals surface area contributed by atoms with Gasteiger partial charge in [0.25, 0.3) is 0 Å². The largest absolute Gasteiger partial charge is 0.444 e. The number of oxime groups is 1. The number of carbonyl (C=O) groups excluding carboxylic acids is 1. The highest BCUT2D eigenvalue weighted by molar-refractivity contribution is 6.06. The highest BCUT2D eigenvalue weighted by atomic mass is 16.5. The van der Waals surface area contributed by atoms with E-state index in [0.717, 1.165) is 11.5 Å². The third-order valence-corrected chi connectivity index (χ3v) is 3.85. The molecule has 1 amide bonds. The van der Waals surface area contributed by atoms with E-state index in [1.165, 1.54) is 0 Å². The van der Waals surface area contributed by atoms with Crippen molar-refractivity contribution in [2.24, 2.45) is 16.3 Å². The molecule has 1 fully saturated rings. The van der Waals surface area contributed by atoms with Crippen molar-refractivity contribution in [2.75, 3.05) is 13.2 Å². The molecule has 0 unspecified atom stereocenters. The lowest BCUT2D eigenvalue weighted by atomic mass is 9.78. The Balaban J connectivity index is 2.08. The number of hydrogen-bond acceptors (Lipinski definition) is 6. The van der Waals surface area contributed by atoms with Crippen LogP contribution in [0.25, 0.3) is 0 Å². The minimum absolute atomic E-state index is 0.0944. The molecule has 2 rings (SSSR count). The molecule has 0 aromatic carbocycles. The van der Waals surface area contributed by atoms with Gasteiger partial charge in [0.15, 0.2) is 5.84 Å². The second kappa shape index (κ2) is 6.13. The molecule has 2 heterocycles. The average Bonchev–Trinajstić information content (AvgIpc) is 2.83. The van der Waals surface area contributed by atoms with Gasteiger partial charge in [-0.1, -0.05) is 5.16 Å². The van der Waals surface area contributed by atoms with Gasteiger partial charge >= 0.3 is 0 Å². The monoisotopic (exact) mass is 296 g/mol. The van der Waals surface area contributed by atoms with E-state index in [1.54, 1.807) is 0 Å². The van der Waals surface area contributed by atoms with Gasteiger partial charge in [0.1, 0.15) is 11.2 Å². The summed E-state index contributed by atoms with van der Waals surface area (Å²) in [6, 6.07) is 0. The molecule has 0 radical (unpaired) electrons. The van der Waals surface area contributed by atoms with Crippen LogP contribution in [0.15, 0.2) is 9.57 Å². The molecular weight excluding hydrogens is 276 g/mol. The summed E-state index contributed by atoms with van der Waals surface area (Å²) in [6.45, 7) is 4.58. The second-order valence-corrected chi connectivity index (χ2v) is 5.11. The molecular formula is C13H20N4O4. The predicted molar refractivity (Wildman–Crippen MR) is 73.7 cm³/mol. The number of aryl methyl sites for hydroxylation is 2. The van der Waals surface area contributed by atoms with Gasteiger partial charge in [-0.25, -0.2) is 4.98 Å². The van der Waals surface area contributed by atoms with Gasteiger partial charge < -0.3 is 25.4 Å². The van der Waals surface area contributed by atoms with E-state index < -0.39 is 5.41 Å². The Morgan fingerprint density at radius 2 is 2.14 bits per heavy atom. The summed E-state index contributed by atoms with van der Waals surface area (Å²) in [7, 11) is 0. The molecule has 21 heavy (non-hydrogen) atoms. The minimum Gasteiger partial charge on any atom is -0.444 e. The maximum absolute atomic E-state index is 12.5. The smallest absolute Gasteiger partial charge is 0.234 e. The van der Waals surface area contributed by atoms with Gasteiger partial charge in [0.05, 0.1) is 12.2 Å². The number of nitrogens with zero attached hydrogens (tertiary/aromatic N) is 2. The Morgan fingerprint density at radius 3 is 2.67 bits per heavy atom. The predicted octanol–water partition coefficient (Wildman–Crippen LogP) is 0.451. The molecule has 1 aliphatic heterocycles. The first-order valence-corrected chi connectivity index (χ1v) is 6.76. The number of nitrogens with one attached hydrogen (secondary N) is 1. The van der Waals surface area contributed by atoms with Gasteiger partial charge in [0.2, 0.25) is 11.8 Å². The normalized spacial score (nSPS) is 18.5. The highest BCUT2D eigenvalue weighted by Gasteiger charge is 2.44. The topological polar surface area (TPSA) is 123 Å². The Kier molecular flexibility index (Phi) is 4.46. The highest BCUT2D eigenvalue weighted by Crippen LogP contribution is 2.31. The molecule has 8 heteroatoms. The van der Waals surface area contributed by atoms with Crippen LogP contribution in [0.3, 0.4) is 0 Å².